The highest BCUT2D eigenvalue weighted by molar-refractivity contribution is 7.99. The normalized spacial score (nSPS) is 11.0. The maximum Gasteiger partial charge on any atom is 0.288 e. The fraction of sp³-hybridized carbons (Fsp3) is 0.143. The topological polar surface area (TPSA) is 26.0 Å². The highest BCUT2D eigenvalue weighted by atomic mass is 35.5. The van der Waals surface area contributed by atoms with E-state index in [1.165, 1.54) is 0 Å². The first-order chi connectivity index (χ1) is 9.10. The van der Waals surface area contributed by atoms with E-state index < -0.39 is 5.76 Å². The van der Waals surface area contributed by atoms with Crippen molar-refractivity contribution in [3.8, 4) is 11.1 Å². The molecule has 0 amide bonds. The van der Waals surface area contributed by atoms with Crippen LogP contribution in [0.25, 0.3) is 11.1 Å². The van der Waals surface area contributed by atoms with Crippen LogP contribution in [-0.4, -0.2) is 5.76 Å². The Kier molecular flexibility index (Phi) is 4.80. The zero-order valence-electron chi connectivity index (χ0n) is 9.95. The van der Waals surface area contributed by atoms with Crippen LogP contribution in [0.3, 0.4) is 0 Å². The van der Waals surface area contributed by atoms with Crippen molar-refractivity contribution >= 4 is 23.4 Å². The summed E-state index contributed by atoms with van der Waals surface area (Å²) in [6.45, 7) is 0.403. The van der Waals surface area contributed by atoms with Crippen LogP contribution >= 0.6 is 23.4 Å². The lowest BCUT2D eigenvalue weighted by atomic mass is 10.00. The van der Waals surface area contributed by atoms with Gasteiger partial charge in [-0.3, -0.25) is 0 Å². The minimum Gasteiger partial charge on any atom is -0.326 e. The molecular formula is C14H12ClF2NS. The average molecular weight is 300 g/mol. The SMILES string of the molecule is NCc1ccc(Cl)cc1-c1ccc(SC(F)F)cc1. The highest BCUT2D eigenvalue weighted by Gasteiger charge is 2.08. The van der Waals surface area contributed by atoms with Crippen molar-refractivity contribution in [2.75, 3.05) is 0 Å². The van der Waals surface area contributed by atoms with Gasteiger partial charge in [0.25, 0.3) is 5.76 Å². The van der Waals surface area contributed by atoms with Gasteiger partial charge < -0.3 is 5.73 Å². The van der Waals surface area contributed by atoms with Gasteiger partial charge in [-0.1, -0.05) is 41.6 Å². The van der Waals surface area contributed by atoms with Crippen molar-refractivity contribution in [1.82, 2.24) is 0 Å². The second-order valence-corrected chi connectivity index (χ2v) is 5.41. The number of nitrogens with two attached hydrogens (primary N) is 1. The summed E-state index contributed by atoms with van der Waals surface area (Å²) < 4.78 is 24.5. The highest BCUT2D eigenvalue weighted by Crippen LogP contribution is 2.30. The third-order valence-corrected chi connectivity index (χ3v) is 3.64. The van der Waals surface area contributed by atoms with Gasteiger partial charge >= 0.3 is 0 Å². The van der Waals surface area contributed by atoms with Crippen molar-refractivity contribution < 1.29 is 8.78 Å². The van der Waals surface area contributed by atoms with Crippen molar-refractivity contribution in [2.45, 2.75) is 17.2 Å². The molecule has 0 saturated carbocycles. The van der Waals surface area contributed by atoms with E-state index in [1.54, 1.807) is 30.3 Å². The maximum absolute atomic E-state index is 12.2. The van der Waals surface area contributed by atoms with Gasteiger partial charge in [-0.25, -0.2) is 0 Å². The lowest BCUT2D eigenvalue weighted by Gasteiger charge is -2.09. The summed E-state index contributed by atoms with van der Waals surface area (Å²) in [5.74, 6) is -2.41. The second kappa shape index (κ2) is 6.37. The molecule has 2 aromatic carbocycles. The number of hydrogen-bond donors (Lipinski definition) is 1. The summed E-state index contributed by atoms with van der Waals surface area (Å²) >= 11 is 6.51. The molecular weight excluding hydrogens is 288 g/mol. The fourth-order valence-electron chi connectivity index (χ4n) is 1.81. The third-order valence-electron chi connectivity index (χ3n) is 2.68. The smallest absolute Gasteiger partial charge is 0.288 e. The first-order valence-electron chi connectivity index (χ1n) is 5.64. The molecule has 0 radical (unpaired) electrons. The number of hydrogen-bond acceptors (Lipinski definition) is 2. The molecule has 2 N–H and O–H groups in total. The Hall–Kier alpha value is -1.10. The van der Waals surface area contributed by atoms with Crippen molar-refractivity contribution in [3.05, 3.63) is 53.1 Å². The molecule has 1 nitrogen and oxygen atoms in total. The quantitative estimate of drug-likeness (QED) is 0.822. The Balaban J connectivity index is 2.34. The predicted octanol–water partition coefficient (Wildman–Crippen LogP) is 4.78. The number of thioether (sulfide) groups is 1. The summed E-state index contributed by atoms with van der Waals surface area (Å²) in [6.07, 6.45) is 0. The first-order valence-corrected chi connectivity index (χ1v) is 6.89. The van der Waals surface area contributed by atoms with Gasteiger partial charge in [0.15, 0.2) is 0 Å². The molecule has 19 heavy (non-hydrogen) atoms. The minimum absolute atomic E-state index is 0.403. The molecule has 0 aromatic heterocycles. The van der Waals surface area contributed by atoms with Crippen LogP contribution in [0.5, 0.6) is 0 Å². The molecule has 0 saturated heterocycles. The van der Waals surface area contributed by atoms with Crippen molar-refractivity contribution in [1.29, 1.82) is 0 Å². The first kappa shape index (κ1) is 14.3. The Morgan fingerprint density at radius 1 is 1.11 bits per heavy atom. The van der Waals surface area contributed by atoms with E-state index in [9.17, 15) is 8.78 Å². The largest absolute Gasteiger partial charge is 0.326 e. The van der Waals surface area contributed by atoms with Crippen molar-refractivity contribution in [3.63, 3.8) is 0 Å². The van der Waals surface area contributed by atoms with Crippen LogP contribution in [-0.2, 0) is 6.54 Å². The second-order valence-electron chi connectivity index (χ2n) is 3.91. The van der Waals surface area contributed by atoms with Gasteiger partial charge in [-0.05, 0) is 41.0 Å². The van der Waals surface area contributed by atoms with Gasteiger partial charge in [0, 0.05) is 16.5 Å². The van der Waals surface area contributed by atoms with Gasteiger partial charge in [0.05, 0.1) is 0 Å². The van der Waals surface area contributed by atoms with Crippen LogP contribution in [0.1, 0.15) is 5.56 Å². The molecule has 2 rings (SSSR count). The molecule has 0 spiro atoms. The van der Waals surface area contributed by atoms with Gasteiger partial charge in [0.2, 0.25) is 0 Å². The number of rotatable bonds is 4. The summed E-state index contributed by atoms with van der Waals surface area (Å²) in [6, 6.07) is 12.4. The number of benzene rings is 2. The Morgan fingerprint density at radius 3 is 2.37 bits per heavy atom. The summed E-state index contributed by atoms with van der Waals surface area (Å²) in [5, 5.41) is 0.623. The summed E-state index contributed by atoms with van der Waals surface area (Å²) in [5.41, 5.74) is 8.51. The van der Waals surface area contributed by atoms with Crippen LogP contribution in [0.2, 0.25) is 5.02 Å². The lowest BCUT2D eigenvalue weighted by Crippen LogP contribution is -1.98. The zero-order chi connectivity index (χ0) is 13.8. The molecule has 0 unspecified atom stereocenters. The summed E-state index contributed by atoms with van der Waals surface area (Å²) in [7, 11) is 0. The van der Waals surface area contributed by atoms with Crippen molar-refractivity contribution in [2.24, 2.45) is 5.73 Å². The Labute approximate surface area is 119 Å². The molecule has 0 bridgehead atoms. The monoisotopic (exact) mass is 299 g/mol. The van der Waals surface area contributed by atoms with E-state index in [4.69, 9.17) is 17.3 Å². The number of alkyl halides is 2. The molecule has 5 heteroatoms. The molecule has 0 atom stereocenters. The predicted molar refractivity (Wildman–Crippen MR) is 76.6 cm³/mol. The minimum atomic E-state index is -2.41. The van der Waals surface area contributed by atoms with Crippen LogP contribution in [0, 0.1) is 0 Å². The van der Waals surface area contributed by atoms with E-state index in [0.717, 1.165) is 16.7 Å². The van der Waals surface area contributed by atoms with E-state index in [1.807, 2.05) is 12.1 Å². The molecule has 0 fully saturated rings. The van der Waals surface area contributed by atoms with E-state index in [0.29, 0.717) is 28.2 Å². The van der Waals surface area contributed by atoms with Gasteiger partial charge in [-0.2, -0.15) is 8.78 Å². The average Bonchev–Trinajstić information content (AvgIpc) is 2.39. The van der Waals surface area contributed by atoms with E-state index in [-0.39, 0.29) is 0 Å². The van der Waals surface area contributed by atoms with Crippen LogP contribution < -0.4 is 5.73 Å². The van der Waals surface area contributed by atoms with E-state index >= 15 is 0 Å². The molecule has 0 aliphatic rings. The van der Waals surface area contributed by atoms with E-state index in [2.05, 4.69) is 0 Å². The molecule has 2 aromatic rings. The Bertz CT molecular complexity index is 558. The molecule has 100 valence electrons. The third kappa shape index (κ3) is 3.69. The molecule has 0 heterocycles. The fourth-order valence-corrected chi connectivity index (χ4v) is 2.48. The van der Waals surface area contributed by atoms with Gasteiger partial charge in [-0.15, -0.1) is 0 Å². The standard InChI is InChI=1S/C14H12ClF2NS/c15-11-4-1-10(8-18)13(7-11)9-2-5-12(6-3-9)19-14(16)17/h1-7,14H,8,18H2. The van der Waals surface area contributed by atoms with Gasteiger partial charge in [0.1, 0.15) is 0 Å². The Morgan fingerprint density at radius 2 is 1.79 bits per heavy atom. The summed E-state index contributed by atoms with van der Waals surface area (Å²) in [4.78, 5) is 0.537. The molecule has 0 aliphatic carbocycles. The van der Waals surface area contributed by atoms with Crippen LogP contribution in [0.15, 0.2) is 47.4 Å². The number of halogens is 3. The van der Waals surface area contributed by atoms with Crippen LogP contribution in [0.4, 0.5) is 8.78 Å². The zero-order valence-corrected chi connectivity index (χ0v) is 11.5. The maximum atomic E-state index is 12.2. The molecule has 0 aliphatic heterocycles. The lowest BCUT2D eigenvalue weighted by molar-refractivity contribution is 0.252.